The third-order valence-corrected chi connectivity index (χ3v) is 1.24. The quantitative estimate of drug-likeness (QED) is 0.494. The minimum absolute atomic E-state index is 0.850. The summed E-state index contributed by atoms with van der Waals surface area (Å²) in [6.07, 6.45) is 3.95. The molecule has 1 aliphatic rings. The molecule has 0 atom stereocenters. The number of nitrogens with one attached hydrogen (secondary N) is 1. The van der Waals surface area contributed by atoms with Crippen molar-refractivity contribution in [1.82, 2.24) is 10.2 Å². The molecule has 0 bridgehead atoms. The maximum atomic E-state index is 3.97. The van der Waals surface area contributed by atoms with Crippen molar-refractivity contribution in [3.8, 4) is 0 Å². The van der Waals surface area contributed by atoms with E-state index in [4.69, 9.17) is 0 Å². The molecule has 1 rings (SSSR count). The van der Waals surface area contributed by atoms with Crippen LogP contribution in [0.3, 0.4) is 0 Å². The molecule has 0 saturated heterocycles. The topological polar surface area (TPSA) is 27.6 Å². The van der Waals surface area contributed by atoms with Crippen molar-refractivity contribution in [2.24, 2.45) is 4.99 Å². The Hall–Kier alpha value is -0.990. The third-order valence-electron chi connectivity index (χ3n) is 1.24. The molecule has 0 amide bonds. The van der Waals surface area contributed by atoms with Crippen LogP contribution in [0.5, 0.6) is 0 Å². The van der Waals surface area contributed by atoms with Crippen LogP contribution >= 0.6 is 0 Å². The van der Waals surface area contributed by atoms with Gasteiger partial charge in [0, 0.05) is 20.3 Å². The normalized spacial score (nSPS) is 22.4. The lowest BCUT2D eigenvalue weighted by Crippen LogP contribution is -2.35. The molecular formula is C6H11N3. The Kier molecular flexibility index (Phi) is 1.72. The van der Waals surface area contributed by atoms with Crippen LogP contribution in [-0.4, -0.2) is 31.5 Å². The molecule has 3 nitrogen and oxygen atoms in total. The second-order valence-electron chi connectivity index (χ2n) is 2.02. The zero-order valence-electron chi connectivity index (χ0n) is 5.76. The maximum absolute atomic E-state index is 3.97. The van der Waals surface area contributed by atoms with E-state index in [1.54, 1.807) is 7.05 Å². The van der Waals surface area contributed by atoms with Gasteiger partial charge >= 0.3 is 0 Å². The van der Waals surface area contributed by atoms with Gasteiger partial charge in [-0.2, -0.15) is 0 Å². The van der Waals surface area contributed by atoms with E-state index >= 15 is 0 Å². The highest BCUT2D eigenvalue weighted by Gasteiger charge is 1.98. The van der Waals surface area contributed by atoms with Gasteiger partial charge in [-0.15, -0.1) is 0 Å². The van der Waals surface area contributed by atoms with E-state index in [-0.39, 0.29) is 0 Å². The molecule has 1 N–H and O–H groups in total. The van der Waals surface area contributed by atoms with Crippen molar-refractivity contribution < 1.29 is 0 Å². The summed E-state index contributed by atoms with van der Waals surface area (Å²) in [6, 6.07) is 0. The van der Waals surface area contributed by atoms with Crippen molar-refractivity contribution in [1.29, 1.82) is 0 Å². The van der Waals surface area contributed by atoms with Crippen LogP contribution in [0.25, 0.3) is 0 Å². The maximum Gasteiger partial charge on any atom is 0.123 e. The Morgan fingerprint density at radius 1 is 1.78 bits per heavy atom. The predicted molar refractivity (Wildman–Crippen MR) is 38.3 cm³/mol. The number of hydrogen-bond donors (Lipinski definition) is 1. The lowest BCUT2D eigenvalue weighted by molar-refractivity contribution is 0.437. The Labute approximate surface area is 55.1 Å². The minimum Gasteiger partial charge on any atom is -0.363 e. The molecule has 9 heavy (non-hydrogen) atoms. The first-order valence-corrected chi connectivity index (χ1v) is 2.92. The second-order valence-corrected chi connectivity index (χ2v) is 2.02. The molecule has 1 heterocycles. The fourth-order valence-corrected chi connectivity index (χ4v) is 0.669. The Morgan fingerprint density at radius 3 is 3.00 bits per heavy atom. The molecule has 0 aliphatic carbocycles. The summed E-state index contributed by atoms with van der Waals surface area (Å²) >= 11 is 0. The number of rotatable bonds is 0. The average Bonchev–Trinajstić information content (AvgIpc) is 1.90. The smallest absolute Gasteiger partial charge is 0.123 e. The molecule has 0 radical (unpaired) electrons. The monoisotopic (exact) mass is 125 g/mol. The first kappa shape index (κ1) is 6.13. The van der Waals surface area contributed by atoms with Gasteiger partial charge in [-0.3, -0.25) is 4.99 Å². The van der Waals surface area contributed by atoms with Gasteiger partial charge in [0.25, 0.3) is 0 Å². The zero-order valence-corrected chi connectivity index (χ0v) is 5.76. The fraction of sp³-hybridized carbons (Fsp3) is 0.500. The Bertz CT molecular complexity index is 148. The lowest BCUT2D eigenvalue weighted by atomic mass is 10.4. The van der Waals surface area contributed by atoms with Crippen molar-refractivity contribution in [2.75, 3.05) is 20.8 Å². The third kappa shape index (κ3) is 1.45. The minimum atomic E-state index is 0.850. The number of nitrogens with zero attached hydrogens (tertiary/aromatic N) is 2. The van der Waals surface area contributed by atoms with Crippen LogP contribution in [0, 0.1) is 0 Å². The molecule has 50 valence electrons. The van der Waals surface area contributed by atoms with Crippen molar-refractivity contribution in [2.45, 2.75) is 0 Å². The van der Waals surface area contributed by atoms with Gasteiger partial charge in [0.2, 0.25) is 0 Å². The van der Waals surface area contributed by atoms with Crippen LogP contribution in [0.2, 0.25) is 0 Å². The molecule has 0 fully saturated rings. The van der Waals surface area contributed by atoms with E-state index in [1.807, 2.05) is 19.3 Å². The summed E-state index contributed by atoms with van der Waals surface area (Å²) in [7, 11) is 3.79. The summed E-state index contributed by atoms with van der Waals surface area (Å²) in [4.78, 5) is 6.02. The van der Waals surface area contributed by atoms with E-state index < -0.39 is 0 Å². The summed E-state index contributed by atoms with van der Waals surface area (Å²) in [5, 5.41) is 3.11. The van der Waals surface area contributed by atoms with Crippen LogP contribution in [0.15, 0.2) is 17.3 Å². The Balaban J connectivity index is 2.58. The summed E-state index contributed by atoms with van der Waals surface area (Å²) in [5.41, 5.74) is 0. The van der Waals surface area contributed by atoms with Gasteiger partial charge in [0.1, 0.15) is 5.84 Å². The molecule has 0 aromatic carbocycles. The fourth-order valence-electron chi connectivity index (χ4n) is 0.669. The molecule has 3 heteroatoms. The first-order chi connectivity index (χ1) is 4.33. The second kappa shape index (κ2) is 2.53. The Morgan fingerprint density at radius 2 is 2.56 bits per heavy atom. The molecule has 0 saturated carbocycles. The highest BCUT2D eigenvalue weighted by Crippen LogP contribution is 1.89. The van der Waals surface area contributed by atoms with Gasteiger partial charge < -0.3 is 10.2 Å². The van der Waals surface area contributed by atoms with E-state index in [0.29, 0.717) is 0 Å². The number of aliphatic imine (C=N–C) groups is 1. The summed E-state index contributed by atoms with van der Waals surface area (Å²) in [6.45, 7) is 0.850. The highest BCUT2D eigenvalue weighted by molar-refractivity contribution is 5.93. The largest absolute Gasteiger partial charge is 0.363 e. The van der Waals surface area contributed by atoms with Gasteiger partial charge in [0.05, 0.1) is 6.67 Å². The molecule has 1 aliphatic heterocycles. The molecular weight excluding hydrogens is 114 g/mol. The van der Waals surface area contributed by atoms with Crippen LogP contribution < -0.4 is 5.32 Å². The zero-order chi connectivity index (χ0) is 6.69. The molecule has 0 unspecified atom stereocenters. The lowest BCUT2D eigenvalue weighted by Gasteiger charge is -2.19. The van der Waals surface area contributed by atoms with E-state index in [2.05, 4.69) is 15.2 Å². The van der Waals surface area contributed by atoms with E-state index in [0.717, 1.165) is 12.5 Å². The number of hydrogen-bond acceptors (Lipinski definition) is 2. The molecule has 0 aromatic rings. The SMILES string of the molecule is CN=C1C=CN(C)CN1. The van der Waals surface area contributed by atoms with Crippen LogP contribution in [-0.2, 0) is 0 Å². The number of amidine groups is 1. The highest BCUT2D eigenvalue weighted by atomic mass is 15.2. The molecule has 0 aromatic heterocycles. The van der Waals surface area contributed by atoms with E-state index in [9.17, 15) is 0 Å². The summed E-state index contributed by atoms with van der Waals surface area (Å²) < 4.78 is 0. The predicted octanol–water partition coefficient (Wildman–Crippen LogP) is 0.0209. The van der Waals surface area contributed by atoms with Crippen molar-refractivity contribution in [3.05, 3.63) is 12.3 Å². The average molecular weight is 125 g/mol. The van der Waals surface area contributed by atoms with Crippen molar-refractivity contribution in [3.63, 3.8) is 0 Å². The van der Waals surface area contributed by atoms with Crippen LogP contribution in [0.4, 0.5) is 0 Å². The van der Waals surface area contributed by atoms with Gasteiger partial charge in [-0.1, -0.05) is 0 Å². The standard InChI is InChI=1S/C6H11N3/c1-7-6-3-4-9(2)5-8-6/h3-4H,5H2,1-2H3,(H,7,8). The van der Waals surface area contributed by atoms with Gasteiger partial charge in [-0.05, 0) is 6.08 Å². The first-order valence-electron chi connectivity index (χ1n) is 2.92. The van der Waals surface area contributed by atoms with Crippen molar-refractivity contribution >= 4 is 5.84 Å². The van der Waals surface area contributed by atoms with Crippen LogP contribution in [0.1, 0.15) is 0 Å². The molecule has 0 spiro atoms. The van der Waals surface area contributed by atoms with Gasteiger partial charge in [-0.25, -0.2) is 0 Å². The van der Waals surface area contributed by atoms with Gasteiger partial charge in [0.15, 0.2) is 0 Å². The summed E-state index contributed by atoms with van der Waals surface area (Å²) in [5.74, 6) is 0.952. The van der Waals surface area contributed by atoms with E-state index in [1.165, 1.54) is 0 Å².